The molecular weight excluding hydrogens is 210 g/mol. The minimum atomic E-state index is 0.243. The Kier molecular flexibility index (Phi) is 4.57. The van der Waals surface area contributed by atoms with Crippen molar-refractivity contribution >= 4 is 0 Å². The average molecular weight is 233 g/mol. The number of likely N-dealkylation sites (tertiary alicyclic amines) is 1. The van der Waals surface area contributed by atoms with Crippen molar-refractivity contribution in [2.24, 2.45) is 0 Å². The Labute approximate surface area is 104 Å². The van der Waals surface area contributed by atoms with Gasteiger partial charge in [0, 0.05) is 18.5 Å². The molecule has 1 heterocycles. The van der Waals surface area contributed by atoms with E-state index in [-0.39, 0.29) is 12.5 Å². The van der Waals surface area contributed by atoms with Crippen LogP contribution in [0.3, 0.4) is 0 Å². The van der Waals surface area contributed by atoms with Crippen LogP contribution < -0.4 is 0 Å². The molecule has 0 spiro atoms. The van der Waals surface area contributed by atoms with E-state index in [1.165, 1.54) is 31.4 Å². The highest BCUT2D eigenvalue weighted by molar-refractivity contribution is 5.20. The summed E-state index contributed by atoms with van der Waals surface area (Å²) in [5.74, 6) is 0.261. The van der Waals surface area contributed by atoms with Gasteiger partial charge < -0.3 is 5.11 Å². The normalized spacial score (nSPS) is 23.5. The van der Waals surface area contributed by atoms with Crippen LogP contribution in [0.1, 0.15) is 37.7 Å². The summed E-state index contributed by atoms with van der Waals surface area (Å²) in [7, 11) is 0. The van der Waals surface area contributed by atoms with Gasteiger partial charge in [-0.2, -0.15) is 0 Å². The molecule has 2 rings (SSSR count). The molecule has 0 aromatic heterocycles. The van der Waals surface area contributed by atoms with Crippen LogP contribution in [0, 0.1) is 0 Å². The maximum atomic E-state index is 9.57. The number of hydrogen-bond acceptors (Lipinski definition) is 2. The quantitative estimate of drug-likeness (QED) is 0.864. The molecular formula is C15H23NO. The second kappa shape index (κ2) is 6.18. The summed E-state index contributed by atoms with van der Waals surface area (Å²) in [5.41, 5.74) is 1.26. The van der Waals surface area contributed by atoms with Gasteiger partial charge in [-0.25, -0.2) is 0 Å². The Balaban J connectivity index is 1.99. The molecule has 0 saturated carbocycles. The van der Waals surface area contributed by atoms with Gasteiger partial charge in [0.1, 0.15) is 0 Å². The average Bonchev–Trinajstić information content (AvgIpc) is 2.39. The number of benzene rings is 1. The maximum Gasteiger partial charge on any atom is 0.0512 e. The summed E-state index contributed by atoms with van der Waals surface area (Å²) in [4.78, 5) is 2.53. The molecule has 94 valence electrons. The number of hydrogen-bond donors (Lipinski definition) is 1. The minimum absolute atomic E-state index is 0.243. The van der Waals surface area contributed by atoms with Crippen LogP contribution in [-0.4, -0.2) is 35.7 Å². The third-order valence-electron chi connectivity index (χ3n) is 3.89. The third kappa shape index (κ3) is 3.30. The SMILES string of the molecule is C[C@@H]1CCCCN1C[C@H](CO)c1ccccc1. The van der Waals surface area contributed by atoms with Gasteiger partial charge in [0.05, 0.1) is 6.61 Å². The number of aliphatic hydroxyl groups is 1. The Hall–Kier alpha value is -0.860. The molecule has 2 heteroatoms. The fourth-order valence-corrected chi connectivity index (χ4v) is 2.71. The van der Waals surface area contributed by atoms with Crippen molar-refractivity contribution in [3.8, 4) is 0 Å². The molecule has 2 nitrogen and oxygen atoms in total. The van der Waals surface area contributed by atoms with E-state index in [1.807, 2.05) is 6.07 Å². The standard InChI is InChI=1S/C15H23NO/c1-13-7-5-6-10-16(13)11-15(12-17)14-8-3-2-4-9-14/h2-4,8-9,13,15,17H,5-7,10-12H2,1H3/t13-,15-/m1/s1. The van der Waals surface area contributed by atoms with Crippen LogP contribution in [0.5, 0.6) is 0 Å². The summed E-state index contributed by atoms with van der Waals surface area (Å²) in [6.45, 7) is 4.72. The largest absolute Gasteiger partial charge is 0.396 e. The summed E-state index contributed by atoms with van der Waals surface area (Å²) < 4.78 is 0. The van der Waals surface area contributed by atoms with Crippen molar-refractivity contribution in [2.45, 2.75) is 38.1 Å². The molecule has 2 atom stereocenters. The zero-order valence-corrected chi connectivity index (χ0v) is 10.7. The van der Waals surface area contributed by atoms with E-state index < -0.39 is 0 Å². The summed E-state index contributed by atoms with van der Waals surface area (Å²) >= 11 is 0. The van der Waals surface area contributed by atoms with E-state index in [1.54, 1.807) is 0 Å². The predicted molar refractivity (Wildman–Crippen MR) is 71.2 cm³/mol. The zero-order chi connectivity index (χ0) is 12.1. The Morgan fingerprint density at radius 2 is 2.06 bits per heavy atom. The monoisotopic (exact) mass is 233 g/mol. The molecule has 1 aromatic carbocycles. The van der Waals surface area contributed by atoms with Crippen LogP contribution in [0.2, 0.25) is 0 Å². The first-order chi connectivity index (χ1) is 8.31. The lowest BCUT2D eigenvalue weighted by molar-refractivity contribution is 0.132. The van der Waals surface area contributed by atoms with Gasteiger partial charge in [-0.3, -0.25) is 4.90 Å². The first kappa shape index (κ1) is 12.6. The van der Waals surface area contributed by atoms with Crippen LogP contribution in [0.25, 0.3) is 0 Å². The van der Waals surface area contributed by atoms with E-state index in [9.17, 15) is 5.11 Å². The molecule has 0 unspecified atom stereocenters. The highest BCUT2D eigenvalue weighted by Crippen LogP contribution is 2.22. The van der Waals surface area contributed by atoms with Gasteiger partial charge >= 0.3 is 0 Å². The molecule has 17 heavy (non-hydrogen) atoms. The second-order valence-electron chi connectivity index (χ2n) is 5.13. The lowest BCUT2D eigenvalue weighted by Gasteiger charge is -2.35. The highest BCUT2D eigenvalue weighted by atomic mass is 16.3. The maximum absolute atomic E-state index is 9.57. The topological polar surface area (TPSA) is 23.5 Å². The smallest absolute Gasteiger partial charge is 0.0512 e. The lowest BCUT2D eigenvalue weighted by Crippen LogP contribution is -2.40. The fourth-order valence-electron chi connectivity index (χ4n) is 2.71. The van der Waals surface area contributed by atoms with Crippen molar-refractivity contribution in [3.05, 3.63) is 35.9 Å². The van der Waals surface area contributed by atoms with E-state index in [0.717, 1.165) is 6.54 Å². The van der Waals surface area contributed by atoms with Gasteiger partial charge in [0.25, 0.3) is 0 Å². The minimum Gasteiger partial charge on any atom is -0.396 e. The van der Waals surface area contributed by atoms with E-state index in [0.29, 0.717) is 6.04 Å². The van der Waals surface area contributed by atoms with Gasteiger partial charge in [-0.05, 0) is 31.9 Å². The van der Waals surface area contributed by atoms with Gasteiger partial charge in [-0.15, -0.1) is 0 Å². The molecule has 0 radical (unpaired) electrons. The van der Waals surface area contributed by atoms with E-state index >= 15 is 0 Å². The van der Waals surface area contributed by atoms with Crippen LogP contribution in [0.4, 0.5) is 0 Å². The predicted octanol–water partition coefficient (Wildman–Crippen LogP) is 2.64. The molecule has 1 aromatic rings. The number of piperidine rings is 1. The van der Waals surface area contributed by atoms with Crippen molar-refractivity contribution in [3.63, 3.8) is 0 Å². The first-order valence-electron chi connectivity index (χ1n) is 6.71. The van der Waals surface area contributed by atoms with Crippen LogP contribution >= 0.6 is 0 Å². The Morgan fingerprint density at radius 3 is 2.71 bits per heavy atom. The Morgan fingerprint density at radius 1 is 1.29 bits per heavy atom. The highest BCUT2D eigenvalue weighted by Gasteiger charge is 2.22. The van der Waals surface area contributed by atoms with Crippen molar-refractivity contribution in [1.29, 1.82) is 0 Å². The van der Waals surface area contributed by atoms with E-state index in [2.05, 4.69) is 36.1 Å². The van der Waals surface area contributed by atoms with E-state index in [4.69, 9.17) is 0 Å². The molecule has 0 amide bonds. The first-order valence-corrected chi connectivity index (χ1v) is 6.71. The Bertz CT molecular complexity index is 325. The lowest BCUT2D eigenvalue weighted by atomic mass is 9.96. The third-order valence-corrected chi connectivity index (χ3v) is 3.89. The summed E-state index contributed by atoms with van der Waals surface area (Å²) in [6.07, 6.45) is 3.96. The summed E-state index contributed by atoms with van der Waals surface area (Å²) in [6, 6.07) is 11.0. The zero-order valence-electron chi connectivity index (χ0n) is 10.7. The number of nitrogens with zero attached hydrogens (tertiary/aromatic N) is 1. The number of aliphatic hydroxyl groups excluding tert-OH is 1. The van der Waals surface area contributed by atoms with Crippen molar-refractivity contribution in [1.82, 2.24) is 4.90 Å². The van der Waals surface area contributed by atoms with Gasteiger partial charge in [-0.1, -0.05) is 36.8 Å². The second-order valence-corrected chi connectivity index (χ2v) is 5.13. The number of rotatable bonds is 4. The molecule has 0 aliphatic carbocycles. The van der Waals surface area contributed by atoms with Gasteiger partial charge in [0.15, 0.2) is 0 Å². The summed E-state index contributed by atoms with van der Waals surface area (Å²) in [5, 5.41) is 9.57. The molecule has 1 aliphatic heterocycles. The molecule has 1 N–H and O–H groups in total. The van der Waals surface area contributed by atoms with Crippen molar-refractivity contribution in [2.75, 3.05) is 19.7 Å². The molecule has 1 aliphatic rings. The van der Waals surface area contributed by atoms with Crippen LogP contribution in [-0.2, 0) is 0 Å². The molecule has 0 bridgehead atoms. The molecule has 1 saturated heterocycles. The van der Waals surface area contributed by atoms with Gasteiger partial charge in [0.2, 0.25) is 0 Å². The van der Waals surface area contributed by atoms with Crippen molar-refractivity contribution < 1.29 is 5.11 Å². The van der Waals surface area contributed by atoms with Crippen LogP contribution in [0.15, 0.2) is 30.3 Å². The fraction of sp³-hybridized carbons (Fsp3) is 0.600. The molecule has 1 fully saturated rings.